The number of alkyl halides is 3. The Bertz CT molecular complexity index is 1180. The largest absolute Gasteiger partial charge is 0.543 e. The molecular formula is C26H26F3N2O3-. The molecule has 3 aromatic rings. The smallest absolute Gasteiger partial charge is 0.419 e. The molecule has 1 atom stereocenters. The highest BCUT2D eigenvalue weighted by Crippen LogP contribution is 2.40. The molecule has 3 rings (SSSR count). The number of ether oxygens (including phenoxy) is 1. The molecule has 1 aromatic heterocycles. The lowest BCUT2D eigenvalue weighted by molar-refractivity contribution is -0.255. The summed E-state index contributed by atoms with van der Waals surface area (Å²) in [7, 11) is 3.77. The van der Waals surface area contributed by atoms with Crippen molar-refractivity contribution >= 4 is 5.97 Å². The zero-order valence-corrected chi connectivity index (χ0v) is 19.4. The van der Waals surface area contributed by atoms with Gasteiger partial charge in [-0.3, -0.25) is 0 Å². The highest BCUT2D eigenvalue weighted by molar-refractivity contribution is 5.89. The second-order valence-corrected chi connectivity index (χ2v) is 8.35. The van der Waals surface area contributed by atoms with Crippen LogP contribution in [0.1, 0.15) is 35.0 Å². The van der Waals surface area contributed by atoms with Crippen LogP contribution in [0, 0.1) is 6.92 Å². The summed E-state index contributed by atoms with van der Waals surface area (Å²) in [6, 6.07) is 13.9. The molecule has 34 heavy (non-hydrogen) atoms. The standard InChI is InChI=1S/C26H27F3N2O3/c1-16-7-5-6-8-19(16)20-10-12-22(25(32)33)30-24(20)18-9-11-21(26(27,28)29)23(15-18)34-14-13-17(2)31(3)4/h5-12,15,17H,13-14H2,1-4H3,(H,32,33)/p-1. The molecule has 8 heteroatoms. The maximum atomic E-state index is 13.7. The topological polar surface area (TPSA) is 65.5 Å². The second-order valence-electron chi connectivity index (χ2n) is 8.35. The highest BCUT2D eigenvalue weighted by Gasteiger charge is 2.34. The number of rotatable bonds is 8. The Hall–Kier alpha value is -3.39. The van der Waals surface area contributed by atoms with E-state index in [2.05, 4.69) is 4.98 Å². The number of halogens is 3. The molecule has 1 heterocycles. The maximum Gasteiger partial charge on any atom is 0.419 e. The van der Waals surface area contributed by atoms with Gasteiger partial charge in [0.25, 0.3) is 0 Å². The summed E-state index contributed by atoms with van der Waals surface area (Å²) in [6.07, 6.45) is -4.08. The SMILES string of the molecule is Cc1ccccc1-c1ccc(C(=O)[O-])nc1-c1ccc(C(F)(F)F)c(OCCC(C)N(C)C)c1. The number of carboxylic acid groups (broad SMARTS) is 1. The van der Waals surface area contributed by atoms with Crippen LogP contribution in [0.2, 0.25) is 0 Å². The Kier molecular flexibility index (Phi) is 7.61. The normalized spacial score (nSPS) is 12.6. The van der Waals surface area contributed by atoms with Gasteiger partial charge in [-0.05, 0) is 69.8 Å². The summed E-state index contributed by atoms with van der Waals surface area (Å²) in [5.74, 6) is -1.80. The Morgan fingerprint density at radius 3 is 2.41 bits per heavy atom. The summed E-state index contributed by atoms with van der Waals surface area (Å²) in [4.78, 5) is 17.6. The number of hydrogen-bond acceptors (Lipinski definition) is 5. The van der Waals surface area contributed by atoms with Crippen LogP contribution in [0.5, 0.6) is 5.75 Å². The van der Waals surface area contributed by atoms with E-state index in [0.717, 1.165) is 17.2 Å². The van der Waals surface area contributed by atoms with Gasteiger partial charge in [0.1, 0.15) is 5.75 Å². The van der Waals surface area contributed by atoms with Gasteiger partial charge in [0.15, 0.2) is 0 Å². The predicted molar refractivity (Wildman–Crippen MR) is 122 cm³/mol. The van der Waals surface area contributed by atoms with Crippen LogP contribution < -0.4 is 9.84 Å². The monoisotopic (exact) mass is 471 g/mol. The van der Waals surface area contributed by atoms with E-state index in [-0.39, 0.29) is 29.8 Å². The second kappa shape index (κ2) is 10.3. The Balaban J connectivity index is 2.12. The molecule has 0 N–H and O–H groups in total. The lowest BCUT2D eigenvalue weighted by Gasteiger charge is -2.21. The van der Waals surface area contributed by atoms with Crippen molar-refractivity contribution in [2.24, 2.45) is 0 Å². The molecule has 0 bridgehead atoms. The molecule has 5 nitrogen and oxygen atoms in total. The van der Waals surface area contributed by atoms with E-state index >= 15 is 0 Å². The lowest BCUT2D eigenvalue weighted by Crippen LogP contribution is -2.26. The minimum absolute atomic E-state index is 0.0864. The molecule has 0 saturated heterocycles. The first-order valence-electron chi connectivity index (χ1n) is 10.8. The first-order valence-corrected chi connectivity index (χ1v) is 10.8. The molecule has 0 saturated carbocycles. The lowest BCUT2D eigenvalue weighted by atomic mass is 9.95. The van der Waals surface area contributed by atoms with Gasteiger partial charge in [-0.1, -0.05) is 30.3 Å². The van der Waals surface area contributed by atoms with Gasteiger partial charge in [-0.15, -0.1) is 0 Å². The number of pyridine rings is 1. The summed E-state index contributed by atoms with van der Waals surface area (Å²) in [6.45, 7) is 3.93. The van der Waals surface area contributed by atoms with Crippen molar-refractivity contribution in [3.8, 4) is 28.1 Å². The van der Waals surface area contributed by atoms with E-state index in [1.54, 1.807) is 6.07 Å². The van der Waals surface area contributed by atoms with Crippen LogP contribution in [-0.2, 0) is 6.18 Å². The molecular weight excluding hydrogens is 445 g/mol. The molecule has 180 valence electrons. The van der Waals surface area contributed by atoms with Gasteiger partial charge in [-0.25, -0.2) is 4.98 Å². The fraction of sp³-hybridized carbons (Fsp3) is 0.308. The summed E-state index contributed by atoms with van der Waals surface area (Å²) < 4.78 is 46.6. The van der Waals surface area contributed by atoms with Crippen molar-refractivity contribution in [3.05, 3.63) is 71.4 Å². The van der Waals surface area contributed by atoms with E-state index in [0.29, 0.717) is 17.5 Å². The van der Waals surface area contributed by atoms with E-state index in [4.69, 9.17) is 4.74 Å². The number of aryl methyl sites for hydroxylation is 1. The molecule has 0 fully saturated rings. The fourth-order valence-electron chi connectivity index (χ4n) is 3.51. The number of carboxylic acids is 1. The quantitative estimate of drug-likeness (QED) is 0.471. The van der Waals surface area contributed by atoms with Crippen molar-refractivity contribution in [2.45, 2.75) is 32.5 Å². The number of aromatic carboxylic acids is 1. The van der Waals surface area contributed by atoms with Crippen molar-refractivity contribution in [1.82, 2.24) is 9.88 Å². The molecule has 1 unspecified atom stereocenters. The minimum atomic E-state index is -4.61. The molecule has 0 aliphatic rings. The van der Waals surface area contributed by atoms with Gasteiger partial charge < -0.3 is 19.5 Å². The van der Waals surface area contributed by atoms with Crippen LogP contribution in [0.3, 0.4) is 0 Å². The average Bonchev–Trinajstić information content (AvgIpc) is 2.78. The summed E-state index contributed by atoms with van der Waals surface area (Å²) >= 11 is 0. The third-order valence-electron chi connectivity index (χ3n) is 5.77. The molecule has 0 aliphatic carbocycles. The Morgan fingerprint density at radius 2 is 1.79 bits per heavy atom. The van der Waals surface area contributed by atoms with E-state index < -0.39 is 17.7 Å². The molecule has 2 aromatic carbocycles. The minimum Gasteiger partial charge on any atom is -0.543 e. The van der Waals surface area contributed by atoms with E-state index in [1.165, 1.54) is 18.2 Å². The predicted octanol–water partition coefficient (Wildman–Crippen LogP) is 4.83. The number of hydrogen-bond donors (Lipinski definition) is 0. The summed E-state index contributed by atoms with van der Waals surface area (Å²) in [5, 5.41) is 11.5. The van der Waals surface area contributed by atoms with Gasteiger partial charge >= 0.3 is 6.18 Å². The van der Waals surface area contributed by atoms with Gasteiger partial charge in [0, 0.05) is 17.2 Å². The molecule has 0 aliphatic heterocycles. The zero-order chi connectivity index (χ0) is 25.0. The third-order valence-corrected chi connectivity index (χ3v) is 5.77. The van der Waals surface area contributed by atoms with Gasteiger partial charge in [0.2, 0.25) is 0 Å². The van der Waals surface area contributed by atoms with Crippen LogP contribution in [-0.4, -0.2) is 42.6 Å². The highest BCUT2D eigenvalue weighted by atomic mass is 19.4. The number of aromatic nitrogens is 1. The van der Waals surface area contributed by atoms with E-state index in [1.807, 2.05) is 57.1 Å². The number of carbonyl (C=O) groups is 1. The third kappa shape index (κ3) is 5.75. The van der Waals surface area contributed by atoms with Crippen LogP contribution in [0.4, 0.5) is 13.2 Å². The number of carbonyl (C=O) groups excluding carboxylic acids is 1. The van der Waals surface area contributed by atoms with Crippen molar-refractivity contribution < 1.29 is 27.8 Å². The van der Waals surface area contributed by atoms with Gasteiger partial charge in [0.05, 0.1) is 29.5 Å². The Labute approximate surface area is 196 Å². The van der Waals surface area contributed by atoms with Crippen LogP contribution >= 0.6 is 0 Å². The first-order chi connectivity index (χ1) is 16.0. The maximum absolute atomic E-state index is 13.7. The fourth-order valence-corrected chi connectivity index (χ4v) is 3.51. The average molecular weight is 471 g/mol. The first kappa shape index (κ1) is 25.2. The zero-order valence-electron chi connectivity index (χ0n) is 19.4. The number of nitrogens with zero attached hydrogens (tertiary/aromatic N) is 2. The molecule has 0 amide bonds. The van der Waals surface area contributed by atoms with Crippen LogP contribution in [0.15, 0.2) is 54.6 Å². The van der Waals surface area contributed by atoms with Crippen LogP contribution in [0.25, 0.3) is 22.4 Å². The van der Waals surface area contributed by atoms with E-state index in [9.17, 15) is 23.1 Å². The van der Waals surface area contributed by atoms with Gasteiger partial charge in [-0.2, -0.15) is 13.2 Å². The Morgan fingerprint density at radius 1 is 1.09 bits per heavy atom. The summed E-state index contributed by atoms with van der Waals surface area (Å²) in [5.41, 5.74) is 1.62. The molecule has 0 radical (unpaired) electrons. The molecule has 0 spiro atoms. The van der Waals surface area contributed by atoms with Crippen molar-refractivity contribution in [2.75, 3.05) is 20.7 Å². The number of benzene rings is 2. The van der Waals surface area contributed by atoms with Crippen molar-refractivity contribution in [3.63, 3.8) is 0 Å². The van der Waals surface area contributed by atoms with Crippen molar-refractivity contribution in [1.29, 1.82) is 0 Å².